The zero-order valence-electron chi connectivity index (χ0n) is 16.2. The Kier molecular flexibility index (Phi) is 3.80. The molecule has 2 saturated carbocycles. The molecule has 0 aromatic heterocycles. The third-order valence-electron chi connectivity index (χ3n) is 8.04. The average molecular weight is 359 g/mol. The van der Waals surface area contributed by atoms with E-state index in [0.717, 1.165) is 32.2 Å². The van der Waals surface area contributed by atoms with Crippen molar-refractivity contribution in [1.82, 2.24) is 4.90 Å². The van der Waals surface area contributed by atoms with Gasteiger partial charge in [0.2, 0.25) is 0 Å². The van der Waals surface area contributed by atoms with Crippen molar-refractivity contribution in [3.05, 3.63) is 23.9 Å². The second-order valence-electron chi connectivity index (χ2n) is 9.13. The molecule has 0 aromatic rings. The van der Waals surface area contributed by atoms with Gasteiger partial charge in [-0.2, -0.15) is 0 Å². The van der Waals surface area contributed by atoms with E-state index in [1.54, 1.807) is 12.3 Å². The van der Waals surface area contributed by atoms with Gasteiger partial charge in [-0.1, -0.05) is 20.8 Å². The Balaban J connectivity index is 1.55. The van der Waals surface area contributed by atoms with Crippen LogP contribution < -0.4 is 0 Å². The molecule has 0 unspecified atom stereocenters. The van der Waals surface area contributed by atoms with Crippen molar-refractivity contribution in [2.75, 3.05) is 13.7 Å². The molecule has 4 aliphatic rings. The number of hydrogen-bond acceptors (Lipinski definition) is 5. The first-order chi connectivity index (χ1) is 12.2. The molecule has 2 aliphatic heterocycles. The smallest absolute Gasteiger partial charge is 0.339 e. The van der Waals surface area contributed by atoms with Gasteiger partial charge in [-0.3, -0.25) is 0 Å². The molecule has 1 saturated heterocycles. The Hall–Kier alpha value is -1.78. The van der Waals surface area contributed by atoms with Crippen LogP contribution in [0.15, 0.2) is 23.9 Å². The summed E-state index contributed by atoms with van der Waals surface area (Å²) in [5, 5.41) is 0. The molecule has 4 rings (SSSR count). The van der Waals surface area contributed by atoms with Gasteiger partial charge in [0.05, 0.1) is 12.7 Å². The van der Waals surface area contributed by atoms with E-state index in [4.69, 9.17) is 9.47 Å². The van der Waals surface area contributed by atoms with Crippen molar-refractivity contribution in [2.24, 2.45) is 16.7 Å². The van der Waals surface area contributed by atoms with E-state index >= 15 is 0 Å². The molecule has 3 fully saturated rings. The lowest BCUT2D eigenvalue weighted by Crippen LogP contribution is -2.51. The highest BCUT2D eigenvalue weighted by Gasteiger charge is 2.63. The van der Waals surface area contributed by atoms with Crippen LogP contribution in [0.25, 0.3) is 0 Å². The number of ether oxygens (including phenoxy) is 2. The van der Waals surface area contributed by atoms with E-state index in [-0.39, 0.29) is 28.9 Å². The van der Waals surface area contributed by atoms with Crippen LogP contribution >= 0.6 is 0 Å². The Bertz CT molecular complexity index is 709. The highest BCUT2D eigenvalue weighted by Crippen LogP contribution is 2.66. The fourth-order valence-electron chi connectivity index (χ4n) is 5.73. The zero-order chi connectivity index (χ0) is 18.7. The topological polar surface area (TPSA) is 55.8 Å². The van der Waals surface area contributed by atoms with Crippen LogP contribution in [0.2, 0.25) is 0 Å². The van der Waals surface area contributed by atoms with Crippen LogP contribution in [0.4, 0.5) is 0 Å². The number of methoxy groups -OCH3 is 1. The molecule has 2 aliphatic carbocycles. The summed E-state index contributed by atoms with van der Waals surface area (Å²) >= 11 is 0. The molecular weight excluding hydrogens is 330 g/mol. The van der Waals surface area contributed by atoms with Crippen LogP contribution in [0.1, 0.15) is 52.9 Å². The van der Waals surface area contributed by atoms with Crippen LogP contribution in [0.3, 0.4) is 0 Å². The fraction of sp³-hybridized carbons (Fsp3) is 0.714. The summed E-state index contributed by atoms with van der Waals surface area (Å²) in [5.41, 5.74) is -0.0184. The van der Waals surface area contributed by atoms with Crippen molar-refractivity contribution >= 4 is 11.9 Å². The van der Waals surface area contributed by atoms with Crippen LogP contribution in [0.5, 0.6) is 0 Å². The summed E-state index contributed by atoms with van der Waals surface area (Å²) in [5.74, 6) is 0.0914. The maximum Gasteiger partial charge on any atom is 0.339 e. The summed E-state index contributed by atoms with van der Waals surface area (Å²) in [7, 11) is 1.37. The number of esters is 2. The van der Waals surface area contributed by atoms with Gasteiger partial charge < -0.3 is 14.4 Å². The molecule has 5 nitrogen and oxygen atoms in total. The predicted molar refractivity (Wildman–Crippen MR) is 97.0 cm³/mol. The van der Waals surface area contributed by atoms with Gasteiger partial charge in [-0.25, -0.2) is 9.59 Å². The lowest BCUT2D eigenvalue weighted by molar-refractivity contribution is -0.166. The maximum atomic E-state index is 13.3. The second kappa shape index (κ2) is 5.61. The van der Waals surface area contributed by atoms with Gasteiger partial charge in [0, 0.05) is 18.2 Å². The van der Waals surface area contributed by atoms with Crippen LogP contribution in [-0.2, 0) is 19.1 Å². The average Bonchev–Trinajstić information content (AvgIpc) is 3.20. The first-order valence-corrected chi connectivity index (χ1v) is 9.72. The van der Waals surface area contributed by atoms with E-state index in [0.29, 0.717) is 11.5 Å². The highest BCUT2D eigenvalue weighted by atomic mass is 16.5. The molecule has 0 radical (unpaired) electrons. The molecule has 0 amide bonds. The quantitative estimate of drug-likeness (QED) is 0.724. The number of carbonyl (C=O) groups excluding carboxylic acids is 2. The van der Waals surface area contributed by atoms with Gasteiger partial charge >= 0.3 is 11.9 Å². The zero-order valence-corrected chi connectivity index (χ0v) is 16.2. The number of hydrogen-bond donors (Lipinski definition) is 0. The minimum Gasteiger partial charge on any atom is -0.465 e. The molecule has 0 aromatic carbocycles. The van der Waals surface area contributed by atoms with Crippen molar-refractivity contribution in [2.45, 2.75) is 64.5 Å². The summed E-state index contributed by atoms with van der Waals surface area (Å²) in [6, 6.07) is 0. The number of nitrogens with zero attached hydrogens (tertiary/aromatic N) is 1. The van der Waals surface area contributed by atoms with Gasteiger partial charge in [0.15, 0.2) is 5.54 Å². The van der Waals surface area contributed by atoms with Crippen LogP contribution in [-0.4, -0.2) is 42.1 Å². The number of carbonyl (C=O) groups is 2. The van der Waals surface area contributed by atoms with Crippen molar-refractivity contribution in [3.63, 3.8) is 0 Å². The summed E-state index contributed by atoms with van der Waals surface area (Å²) in [6.45, 7) is 7.68. The number of rotatable bonds is 3. The molecule has 4 atom stereocenters. The lowest BCUT2D eigenvalue weighted by Gasteiger charge is -2.41. The first-order valence-electron chi connectivity index (χ1n) is 9.72. The molecule has 2 heterocycles. The predicted octanol–water partition coefficient (Wildman–Crippen LogP) is 3.21. The van der Waals surface area contributed by atoms with Crippen molar-refractivity contribution in [1.29, 1.82) is 0 Å². The van der Waals surface area contributed by atoms with Gasteiger partial charge in [-0.15, -0.1) is 0 Å². The fourth-order valence-corrected chi connectivity index (χ4v) is 5.73. The highest BCUT2D eigenvalue weighted by molar-refractivity contribution is 5.93. The molecule has 0 N–H and O–H groups in total. The van der Waals surface area contributed by atoms with Gasteiger partial charge in [0.25, 0.3) is 0 Å². The molecular formula is C21H29NO4. The monoisotopic (exact) mass is 359 g/mol. The third-order valence-corrected chi connectivity index (χ3v) is 8.04. The summed E-state index contributed by atoms with van der Waals surface area (Å²) in [6.07, 6.45) is 10.3. The third kappa shape index (κ3) is 2.15. The van der Waals surface area contributed by atoms with Gasteiger partial charge in [0.1, 0.15) is 6.10 Å². The molecule has 2 bridgehead atoms. The van der Waals surface area contributed by atoms with Gasteiger partial charge in [-0.05, 0) is 55.6 Å². The van der Waals surface area contributed by atoms with E-state index in [1.165, 1.54) is 13.5 Å². The molecule has 142 valence electrons. The Morgan fingerprint density at radius 3 is 2.62 bits per heavy atom. The standard InChI is InChI=1S/C21H29NO4/c1-19(2)15-7-9-20(19,3)16(12-15)26-18(24)21-8-5-11-22(21)13-14(6-10-21)17(23)25-4/h6,10,13,15-16H,5,7-9,11-12H2,1-4H3/t15-,16+,20+,21+/m0/s1. The van der Waals surface area contributed by atoms with Crippen molar-refractivity contribution < 1.29 is 19.1 Å². The van der Waals surface area contributed by atoms with E-state index in [9.17, 15) is 9.59 Å². The van der Waals surface area contributed by atoms with E-state index in [1.807, 2.05) is 11.0 Å². The van der Waals surface area contributed by atoms with Crippen molar-refractivity contribution in [3.8, 4) is 0 Å². The molecule has 26 heavy (non-hydrogen) atoms. The second-order valence-corrected chi connectivity index (χ2v) is 9.13. The van der Waals surface area contributed by atoms with Crippen LogP contribution in [0, 0.1) is 16.7 Å². The molecule has 5 heteroatoms. The summed E-state index contributed by atoms with van der Waals surface area (Å²) < 4.78 is 11.0. The Morgan fingerprint density at radius 2 is 2.00 bits per heavy atom. The Morgan fingerprint density at radius 1 is 1.23 bits per heavy atom. The van der Waals surface area contributed by atoms with E-state index in [2.05, 4.69) is 20.8 Å². The Labute approximate surface area is 155 Å². The normalized spacial score (nSPS) is 39.5. The maximum absolute atomic E-state index is 13.3. The minimum absolute atomic E-state index is 0.0139. The SMILES string of the molecule is COC(=O)C1=CN2CCC[C@]2(C(=O)O[C@@H]2C[C@@H]3CC[C@@]2(C)C3(C)C)C=C1. The lowest BCUT2D eigenvalue weighted by atomic mass is 9.70. The molecule has 0 spiro atoms. The largest absolute Gasteiger partial charge is 0.465 e. The minimum atomic E-state index is -0.764. The number of fused-ring (bicyclic) bond motifs is 3. The first kappa shape index (κ1) is 17.6. The van der Waals surface area contributed by atoms with E-state index < -0.39 is 5.54 Å². The summed E-state index contributed by atoms with van der Waals surface area (Å²) in [4.78, 5) is 27.1.